The van der Waals surface area contributed by atoms with E-state index < -0.39 is 68.5 Å². The summed E-state index contributed by atoms with van der Waals surface area (Å²) >= 11 is 0. The molecule has 402 valence electrons. The van der Waals surface area contributed by atoms with E-state index in [0.29, 0.717) is 28.2 Å². The molecule has 83 heavy (non-hydrogen) atoms. The van der Waals surface area contributed by atoms with Crippen molar-refractivity contribution in [1.82, 2.24) is 14.1 Å². The molecular weight excluding hydrogens is 1210 g/mol. The van der Waals surface area contributed by atoms with Crippen LogP contribution in [0.4, 0.5) is 0 Å². The van der Waals surface area contributed by atoms with Gasteiger partial charge in [0, 0.05) is 44.3 Å². The van der Waals surface area contributed by atoms with Crippen LogP contribution < -0.4 is 30.1 Å². The third kappa shape index (κ3) is 9.64. The summed E-state index contributed by atoms with van der Waals surface area (Å²) in [6, 6.07) is 74.4. The van der Waals surface area contributed by atoms with Gasteiger partial charge in [0.05, 0.1) is 30.4 Å². The maximum atomic E-state index is 9.43. The van der Waals surface area contributed by atoms with Gasteiger partial charge >= 0.3 is 0 Å². The second-order valence-corrected chi connectivity index (χ2v) is 25.0. The largest absolute Gasteiger partial charge is 0.510 e. The molecule has 0 aliphatic rings. The molecule has 14 aromatic rings. The van der Waals surface area contributed by atoms with E-state index in [-0.39, 0.29) is 54.4 Å². The second kappa shape index (κ2) is 22.1. The number of aromatic nitrogens is 4. The summed E-state index contributed by atoms with van der Waals surface area (Å²) in [4.78, 5) is 4.94. The van der Waals surface area contributed by atoms with Crippen LogP contribution in [-0.2, 0) is 26.5 Å². The predicted octanol–water partition coefficient (Wildman–Crippen LogP) is 15.3. The van der Waals surface area contributed by atoms with Crippen molar-refractivity contribution < 1.29 is 44.1 Å². The first-order valence-corrected chi connectivity index (χ1v) is 29.1. The quantitative estimate of drug-likeness (QED) is 0.0529. The number of ether oxygens (including phenoxy) is 1. The fraction of sp³-hybridized carbons (Fsp3) is 0.0526. The summed E-state index contributed by atoms with van der Waals surface area (Å²) in [6.45, 7) is 6.54. The number of hydrogen-bond acceptors (Lipinski definition) is 2. The van der Waals surface area contributed by atoms with Gasteiger partial charge in [0.15, 0.2) is 8.07 Å². The van der Waals surface area contributed by atoms with Gasteiger partial charge in [0.2, 0.25) is 0 Å². The van der Waals surface area contributed by atoms with Gasteiger partial charge in [0.1, 0.15) is 5.82 Å². The molecular formula is C76H56N4OPtSi-2. The Morgan fingerprint density at radius 1 is 0.494 bits per heavy atom. The molecule has 0 atom stereocenters. The van der Waals surface area contributed by atoms with Crippen LogP contribution in [0.3, 0.4) is 0 Å². The monoisotopic (exact) mass is 1270 g/mol. The van der Waals surface area contributed by atoms with Crippen LogP contribution >= 0.6 is 0 Å². The first kappa shape index (κ1) is 42.4. The topological polar surface area (TPSA) is 35.9 Å². The fourth-order valence-electron chi connectivity index (χ4n) is 11.5. The molecule has 14 rings (SSSR count). The van der Waals surface area contributed by atoms with Gasteiger partial charge in [0.25, 0.3) is 6.33 Å². The zero-order valence-corrected chi connectivity index (χ0v) is 48.6. The minimum absolute atomic E-state index is 0. The molecule has 0 unspecified atom stereocenters. The Kier molecular flexibility index (Phi) is 11.3. The second-order valence-electron chi connectivity index (χ2n) is 21.2. The van der Waals surface area contributed by atoms with Crippen LogP contribution in [-0.4, -0.2) is 22.2 Å². The average molecular weight is 1270 g/mol. The maximum absolute atomic E-state index is 9.43. The molecule has 0 fully saturated rings. The predicted molar refractivity (Wildman–Crippen MR) is 339 cm³/mol. The van der Waals surface area contributed by atoms with Crippen LogP contribution in [0.1, 0.15) is 40.0 Å². The minimum Gasteiger partial charge on any atom is -0.510 e. The van der Waals surface area contributed by atoms with Crippen LogP contribution in [0.2, 0.25) is 0 Å². The van der Waals surface area contributed by atoms with Gasteiger partial charge in [-0.25, -0.2) is 4.98 Å². The molecule has 0 amide bonds. The number of nitrogens with zero attached hydrogens (tertiary/aromatic N) is 4. The standard InChI is InChI=1S/C76H56N4OSi.Pt/c1-76(2,3)58-46-47-77-74(49-58)80-70-44-40-57(54-24-10-4-11-25-54)48-69(70)68-43-41-61(51-72(68)80)81-60-31-22-30-59(50-60)78-53-79(75-66(55-26-12-5-13-27-55)38-23-39-67(75)56-28-14-6-15-29-56)73-52-65(42-45-71(73)78)82(62-32-16-7-17-33-62,63-34-18-8-19-35-63)64-36-20-9-21-37-64;/h4-49,52H,1-3H3;/q-2;/i5D,6D,12D,13D,14D,15D,26D,27D,28D,29D;. The van der Waals surface area contributed by atoms with E-state index in [9.17, 15) is 5.48 Å². The summed E-state index contributed by atoms with van der Waals surface area (Å²) < 4.78 is 103. The van der Waals surface area contributed by atoms with Crippen molar-refractivity contribution in [1.29, 1.82) is 0 Å². The Bertz CT molecular complexity index is 5020. The number of hydrogen-bond donors (Lipinski definition) is 0. The third-order valence-electron chi connectivity index (χ3n) is 15.3. The van der Waals surface area contributed by atoms with Gasteiger partial charge in [-0.2, -0.15) is 18.2 Å². The Hall–Kier alpha value is -9.45. The van der Waals surface area contributed by atoms with Crippen molar-refractivity contribution in [3.8, 4) is 62.1 Å². The van der Waals surface area contributed by atoms with E-state index >= 15 is 0 Å². The van der Waals surface area contributed by atoms with Gasteiger partial charge < -0.3 is 13.9 Å². The molecule has 3 heterocycles. The Morgan fingerprint density at radius 2 is 1.07 bits per heavy atom. The van der Waals surface area contributed by atoms with Crippen molar-refractivity contribution in [3.63, 3.8) is 0 Å². The molecule has 11 aromatic carbocycles. The fourth-order valence-corrected chi connectivity index (χ4v) is 16.3. The zero-order chi connectivity index (χ0) is 63.9. The van der Waals surface area contributed by atoms with Crippen LogP contribution in [0.5, 0.6) is 11.5 Å². The molecule has 0 N–H and O–H groups in total. The minimum atomic E-state index is -3.32. The molecule has 0 aliphatic heterocycles. The molecule has 0 bridgehead atoms. The summed E-state index contributed by atoms with van der Waals surface area (Å²) in [5, 5.41) is 6.18. The van der Waals surface area contributed by atoms with E-state index in [4.69, 9.17) is 17.9 Å². The number of benzene rings is 11. The van der Waals surface area contributed by atoms with Gasteiger partial charge in [-0.3, -0.25) is 4.57 Å². The number of pyridine rings is 1. The average Bonchev–Trinajstić information content (AvgIpc) is 1.74. The molecule has 0 radical (unpaired) electrons. The van der Waals surface area contributed by atoms with E-state index in [1.165, 1.54) is 0 Å². The SMILES string of the molecule is [2H]c1c([2H])c([2H])c(-c2cccc(-c3c([2H])c([2H])c([2H])c([2H])c3[2H])c2-[n+]2[c-]n(-c3[c-]c(Oc4[c-]c5c(cc4)c4cc(-c6ccccc6)ccc4n5-c4cc(C(C)(C)C)ccn4)ccc3)c3ccc([Si](c4ccccc4)(c4ccccc4)c4ccccc4)cc32)c([2H])c1[2H].[Pt]. The van der Waals surface area contributed by atoms with E-state index in [2.05, 4.69) is 129 Å². The first-order valence-electron chi connectivity index (χ1n) is 32.1. The summed E-state index contributed by atoms with van der Waals surface area (Å²) in [6.07, 6.45) is 5.47. The summed E-state index contributed by atoms with van der Waals surface area (Å²) in [5.41, 5.74) is 6.46. The van der Waals surface area contributed by atoms with Gasteiger partial charge in [-0.05, 0) is 94.4 Å². The molecule has 0 saturated carbocycles. The van der Waals surface area contributed by atoms with Crippen LogP contribution in [0.15, 0.2) is 285 Å². The number of fused-ring (bicyclic) bond motifs is 4. The van der Waals surface area contributed by atoms with Crippen molar-refractivity contribution in [2.75, 3.05) is 0 Å². The van der Waals surface area contributed by atoms with Gasteiger partial charge in [-0.1, -0.05) is 257 Å². The Morgan fingerprint density at radius 3 is 1.69 bits per heavy atom. The molecule has 7 heteroatoms. The smallest absolute Gasteiger partial charge is 0.268 e. The van der Waals surface area contributed by atoms with Crippen LogP contribution in [0, 0.1) is 18.5 Å². The van der Waals surface area contributed by atoms with Gasteiger partial charge in [-0.15, -0.1) is 29.7 Å². The molecule has 5 nitrogen and oxygen atoms in total. The normalized spacial score (nSPS) is 13.4. The summed E-state index contributed by atoms with van der Waals surface area (Å²) in [7, 11) is -3.32. The van der Waals surface area contributed by atoms with Crippen molar-refractivity contribution >= 4 is 61.7 Å². The van der Waals surface area contributed by atoms with Crippen molar-refractivity contribution in [2.45, 2.75) is 26.2 Å². The molecule has 0 aliphatic carbocycles. The number of rotatable bonds is 12. The number of imidazole rings is 1. The maximum Gasteiger partial charge on any atom is 0.268 e. The van der Waals surface area contributed by atoms with E-state index in [0.717, 1.165) is 65.1 Å². The van der Waals surface area contributed by atoms with E-state index in [1.54, 1.807) is 33.4 Å². The van der Waals surface area contributed by atoms with Crippen molar-refractivity contribution in [2.24, 2.45) is 0 Å². The molecule has 0 spiro atoms. The Balaban J connectivity index is 0.00000787. The third-order valence-corrected chi connectivity index (χ3v) is 20.1. The summed E-state index contributed by atoms with van der Waals surface area (Å²) in [5.74, 6) is 1.48. The molecule has 3 aromatic heterocycles. The molecule has 0 saturated heterocycles. The number of para-hydroxylation sites is 1. The Labute approximate surface area is 514 Å². The van der Waals surface area contributed by atoms with Crippen LogP contribution in [0.25, 0.3) is 83.4 Å². The first-order chi connectivity index (χ1) is 44.4. The van der Waals surface area contributed by atoms with E-state index in [1.807, 2.05) is 115 Å². The van der Waals surface area contributed by atoms with Crippen molar-refractivity contribution in [3.05, 3.63) is 309 Å². The zero-order valence-electron chi connectivity index (χ0n) is 55.4.